The molecule has 106 valence electrons. The molecular formula is C13H21N3O3. The number of aliphatic hydroxyl groups excluding tert-OH is 1. The van der Waals surface area contributed by atoms with Gasteiger partial charge in [0.2, 0.25) is 0 Å². The molecule has 3 N–H and O–H groups in total. The summed E-state index contributed by atoms with van der Waals surface area (Å²) in [5, 5.41) is 29.3. The molecule has 0 bridgehead atoms. The lowest BCUT2D eigenvalue weighted by Gasteiger charge is -2.23. The van der Waals surface area contributed by atoms with Crippen LogP contribution in [0.2, 0.25) is 0 Å². The fraction of sp³-hybridized carbons (Fsp3) is 0.615. The Hall–Kier alpha value is -1.69. The Morgan fingerprint density at radius 2 is 1.95 bits per heavy atom. The van der Waals surface area contributed by atoms with E-state index in [0.29, 0.717) is 17.7 Å². The molecular weight excluding hydrogens is 246 g/mol. The van der Waals surface area contributed by atoms with Crippen molar-refractivity contribution in [1.29, 1.82) is 0 Å². The van der Waals surface area contributed by atoms with Crippen LogP contribution in [0.25, 0.3) is 0 Å². The number of rotatable bonds is 6. The van der Waals surface area contributed by atoms with E-state index in [1.807, 2.05) is 13.8 Å². The third kappa shape index (κ3) is 3.64. The van der Waals surface area contributed by atoms with Crippen LogP contribution >= 0.6 is 0 Å². The van der Waals surface area contributed by atoms with E-state index >= 15 is 0 Å². The van der Waals surface area contributed by atoms with E-state index in [4.69, 9.17) is 5.11 Å². The van der Waals surface area contributed by atoms with E-state index in [1.54, 1.807) is 13.8 Å². The first kappa shape index (κ1) is 15.4. The zero-order chi connectivity index (χ0) is 14.6. The number of carboxylic acid groups (broad SMARTS) is 1. The molecule has 0 saturated heterocycles. The van der Waals surface area contributed by atoms with E-state index in [2.05, 4.69) is 15.5 Å². The topological polar surface area (TPSA) is 95.3 Å². The molecule has 0 saturated carbocycles. The maximum atomic E-state index is 11.3. The van der Waals surface area contributed by atoms with Gasteiger partial charge in [-0.1, -0.05) is 13.8 Å². The van der Waals surface area contributed by atoms with Crippen molar-refractivity contribution < 1.29 is 15.0 Å². The highest BCUT2D eigenvalue weighted by molar-refractivity contribution is 5.94. The molecule has 6 nitrogen and oxygen atoms in total. The Balaban J connectivity index is 3.13. The fourth-order valence-corrected chi connectivity index (χ4v) is 1.86. The summed E-state index contributed by atoms with van der Waals surface area (Å²) in [7, 11) is 0. The van der Waals surface area contributed by atoms with Crippen LogP contribution in [0, 0.1) is 19.8 Å². The average Bonchev–Trinajstić information content (AvgIpc) is 2.32. The monoisotopic (exact) mass is 267 g/mol. The Morgan fingerprint density at radius 3 is 2.42 bits per heavy atom. The van der Waals surface area contributed by atoms with Gasteiger partial charge < -0.3 is 15.5 Å². The lowest BCUT2D eigenvalue weighted by atomic mass is 10.0. The second-order valence-corrected chi connectivity index (χ2v) is 4.95. The quantitative estimate of drug-likeness (QED) is 0.724. The first-order valence-corrected chi connectivity index (χ1v) is 6.33. The smallest absolute Gasteiger partial charge is 0.339 e. The molecule has 0 aromatic carbocycles. The number of hydrogen-bond donors (Lipinski definition) is 3. The summed E-state index contributed by atoms with van der Waals surface area (Å²) in [5.74, 6) is -0.510. The number of nitrogens with one attached hydrogen (secondary N) is 1. The molecule has 0 aliphatic heterocycles. The third-order valence-corrected chi connectivity index (χ3v) is 3.24. The number of aryl methyl sites for hydroxylation is 1. The van der Waals surface area contributed by atoms with Gasteiger partial charge in [0.25, 0.3) is 0 Å². The van der Waals surface area contributed by atoms with Gasteiger partial charge in [0.05, 0.1) is 5.69 Å². The Morgan fingerprint density at radius 1 is 1.32 bits per heavy atom. The van der Waals surface area contributed by atoms with Crippen LogP contribution in [0.1, 0.15) is 41.9 Å². The number of aromatic carboxylic acids is 1. The van der Waals surface area contributed by atoms with Gasteiger partial charge in [-0.25, -0.2) is 4.79 Å². The van der Waals surface area contributed by atoms with Gasteiger partial charge in [-0.05, 0) is 31.7 Å². The van der Waals surface area contributed by atoms with Crippen molar-refractivity contribution in [1.82, 2.24) is 10.2 Å². The van der Waals surface area contributed by atoms with E-state index in [1.165, 1.54) is 0 Å². The Labute approximate surface area is 112 Å². The molecule has 1 aromatic rings. The molecule has 1 rings (SSSR count). The number of carbonyl (C=O) groups is 1. The largest absolute Gasteiger partial charge is 0.478 e. The van der Waals surface area contributed by atoms with Crippen molar-refractivity contribution in [2.24, 2.45) is 5.92 Å². The first-order chi connectivity index (χ1) is 8.88. The molecule has 0 radical (unpaired) electrons. The number of aliphatic hydroxyl groups is 1. The zero-order valence-electron chi connectivity index (χ0n) is 11.8. The number of aromatic nitrogens is 2. The molecule has 1 aromatic heterocycles. The van der Waals surface area contributed by atoms with Crippen molar-refractivity contribution in [3.63, 3.8) is 0 Å². The van der Waals surface area contributed by atoms with Gasteiger partial charge in [0.1, 0.15) is 5.56 Å². The average molecular weight is 267 g/mol. The Bertz CT molecular complexity index is 461. The molecule has 0 fully saturated rings. The van der Waals surface area contributed by atoms with Gasteiger partial charge in [-0.15, -0.1) is 5.10 Å². The van der Waals surface area contributed by atoms with Crippen LogP contribution in [0.5, 0.6) is 0 Å². The maximum Gasteiger partial charge on any atom is 0.339 e. The predicted octanol–water partition coefficient (Wildman–Crippen LogP) is 1.61. The van der Waals surface area contributed by atoms with E-state index < -0.39 is 5.97 Å². The SMILES string of the molecule is Cc1nnc(NC(CCO)C(C)C)c(C(=O)O)c1C. The molecule has 1 unspecified atom stereocenters. The standard InChI is InChI=1S/C13H21N3O3/c1-7(2)10(5-6-17)14-12-11(13(18)19)8(3)9(4)15-16-12/h7,10,17H,5-6H2,1-4H3,(H,14,16)(H,18,19). The van der Waals surface area contributed by atoms with Crippen LogP contribution in [0.3, 0.4) is 0 Å². The van der Waals surface area contributed by atoms with Gasteiger partial charge >= 0.3 is 5.97 Å². The third-order valence-electron chi connectivity index (χ3n) is 3.24. The minimum absolute atomic E-state index is 0.0382. The van der Waals surface area contributed by atoms with E-state index in [-0.39, 0.29) is 29.9 Å². The van der Waals surface area contributed by atoms with Gasteiger partial charge in [0, 0.05) is 12.6 Å². The van der Waals surface area contributed by atoms with Crippen LogP contribution in [0.15, 0.2) is 0 Å². The second-order valence-electron chi connectivity index (χ2n) is 4.95. The van der Waals surface area contributed by atoms with Crippen LogP contribution in [-0.4, -0.2) is 39.0 Å². The molecule has 19 heavy (non-hydrogen) atoms. The number of nitrogens with zero attached hydrogens (tertiary/aromatic N) is 2. The highest BCUT2D eigenvalue weighted by atomic mass is 16.4. The Kier molecular flexibility index (Phi) is 5.23. The fourth-order valence-electron chi connectivity index (χ4n) is 1.86. The zero-order valence-corrected chi connectivity index (χ0v) is 11.8. The van der Waals surface area contributed by atoms with Crippen LogP contribution in [0.4, 0.5) is 5.82 Å². The highest BCUT2D eigenvalue weighted by Crippen LogP contribution is 2.21. The van der Waals surface area contributed by atoms with Crippen molar-refractivity contribution in [3.05, 3.63) is 16.8 Å². The minimum atomic E-state index is -1.02. The number of hydrogen-bond acceptors (Lipinski definition) is 5. The summed E-state index contributed by atoms with van der Waals surface area (Å²) in [4.78, 5) is 11.3. The lowest BCUT2D eigenvalue weighted by molar-refractivity contribution is 0.0696. The van der Waals surface area contributed by atoms with E-state index in [0.717, 1.165) is 0 Å². The molecule has 6 heteroatoms. The summed E-state index contributed by atoms with van der Waals surface area (Å²) in [6.07, 6.45) is 0.533. The summed E-state index contributed by atoms with van der Waals surface area (Å²) in [5.41, 5.74) is 1.36. The predicted molar refractivity (Wildman–Crippen MR) is 72.4 cm³/mol. The summed E-state index contributed by atoms with van der Waals surface area (Å²) < 4.78 is 0. The van der Waals surface area contributed by atoms with Gasteiger partial charge in [-0.2, -0.15) is 5.10 Å². The molecule has 0 aliphatic carbocycles. The van der Waals surface area contributed by atoms with Crippen molar-refractivity contribution in [2.75, 3.05) is 11.9 Å². The van der Waals surface area contributed by atoms with Crippen molar-refractivity contribution in [2.45, 2.75) is 40.2 Å². The minimum Gasteiger partial charge on any atom is -0.478 e. The maximum absolute atomic E-state index is 11.3. The van der Waals surface area contributed by atoms with E-state index in [9.17, 15) is 9.90 Å². The summed E-state index contributed by atoms with van der Waals surface area (Å²) in [6, 6.07) is -0.0421. The lowest BCUT2D eigenvalue weighted by Crippen LogP contribution is -2.29. The molecule has 1 atom stereocenters. The van der Waals surface area contributed by atoms with Gasteiger partial charge in [0.15, 0.2) is 5.82 Å². The van der Waals surface area contributed by atoms with Crippen molar-refractivity contribution >= 4 is 11.8 Å². The molecule has 1 heterocycles. The summed E-state index contributed by atoms with van der Waals surface area (Å²) >= 11 is 0. The van der Waals surface area contributed by atoms with Crippen LogP contribution < -0.4 is 5.32 Å². The van der Waals surface area contributed by atoms with Crippen LogP contribution in [-0.2, 0) is 0 Å². The number of anilines is 1. The molecule has 0 amide bonds. The first-order valence-electron chi connectivity index (χ1n) is 6.33. The highest BCUT2D eigenvalue weighted by Gasteiger charge is 2.21. The summed E-state index contributed by atoms with van der Waals surface area (Å²) in [6.45, 7) is 7.49. The molecule has 0 aliphatic rings. The molecule has 0 spiro atoms. The normalized spacial score (nSPS) is 12.5. The van der Waals surface area contributed by atoms with Gasteiger partial charge in [-0.3, -0.25) is 0 Å². The number of carboxylic acids is 1. The second kappa shape index (κ2) is 6.47. The van der Waals surface area contributed by atoms with Crippen molar-refractivity contribution in [3.8, 4) is 0 Å².